The van der Waals surface area contributed by atoms with Gasteiger partial charge in [0.1, 0.15) is 5.75 Å². The van der Waals surface area contributed by atoms with Crippen molar-refractivity contribution in [1.82, 2.24) is 0 Å². The number of nitrogens with one attached hydrogen (secondary N) is 1. The van der Waals surface area contributed by atoms with E-state index < -0.39 is 0 Å². The van der Waals surface area contributed by atoms with Gasteiger partial charge in [-0.3, -0.25) is 4.79 Å². The smallest absolute Gasteiger partial charge is 0.231 e. The summed E-state index contributed by atoms with van der Waals surface area (Å²) in [5.41, 5.74) is 6.69. The van der Waals surface area contributed by atoms with Crippen LogP contribution in [0.5, 0.6) is 5.75 Å². The Labute approximate surface area is 110 Å². The molecule has 0 spiro atoms. The van der Waals surface area contributed by atoms with Crippen molar-refractivity contribution < 1.29 is 9.53 Å². The Morgan fingerprint density at radius 3 is 2.76 bits per heavy atom. The standard InChI is InChI=1S/C11H13ClN2O2S/c1-6-3-8(9(16-2)4-7(6)12)14-11(15)5-10(13)17/h3-4H,5H2,1-2H3,(H2,13,17)(H,14,15). The van der Waals surface area contributed by atoms with Crippen LogP contribution >= 0.6 is 23.8 Å². The highest BCUT2D eigenvalue weighted by Crippen LogP contribution is 2.30. The molecule has 92 valence electrons. The molecule has 3 N–H and O–H groups in total. The minimum absolute atomic E-state index is 0.000160. The SMILES string of the molecule is COc1cc(Cl)c(C)cc1NC(=O)CC(N)=S. The van der Waals surface area contributed by atoms with Gasteiger partial charge in [-0.05, 0) is 18.6 Å². The quantitative estimate of drug-likeness (QED) is 0.826. The van der Waals surface area contributed by atoms with Crippen LogP contribution in [-0.2, 0) is 4.79 Å². The van der Waals surface area contributed by atoms with E-state index in [1.54, 1.807) is 12.1 Å². The fourth-order valence-electron chi connectivity index (χ4n) is 1.28. The van der Waals surface area contributed by atoms with Crippen molar-refractivity contribution in [2.24, 2.45) is 5.73 Å². The average molecular weight is 273 g/mol. The second-order valence-electron chi connectivity index (χ2n) is 3.49. The molecule has 0 aliphatic heterocycles. The first-order valence-corrected chi connectivity index (χ1v) is 5.65. The number of thiocarbonyl (C=S) groups is 1. The van der Waals surface area contributed by atoms with Crippen LogP contribution in [-0.4, -0.2) is 18.0 Å². The summed E-state index contributed by atoms with van der Waals surface area (Å²) in [6, 6.07) is 3.38. The summed E-state index contributed by atoms with van der Waals surface area (Å²) in [5.74, 6) is 0.217. The van der Waals surface area contributed by atoms with E-state index in [1.807, 2.05) is 6.92 Å². The van der Waals surface area contributed by atoms with Crippen LogP contribution in [0.3, 0.4) is 0 Å². The molecule has 6 heteroatoms. The molecule has 0 unspecified atom stereocenters. The molecule has 1 aromatic carbocycles. The van der Waals surface area contributed by atoms with Gasteiger partial charge in [0.05, 0.1) is 24.2 Å². The molecule has 0 aliphatic rings. The van der Waals surface area contributed by atoms with E-state index in [0.717, 1.165) is 5.56 Å². The molecule has 1 amide bonds. The lowest BCUT2D eigenvalue weighted by molar-refractivity contribution is -0.115. The number of methoxy groups -OCH3 is 1. The molecule has 0 heterocycles. The van der Waals surface area contributed by atoms with Gasteiger partial charge in [0.2, 0.25) is 5.91 Å². The normalized spacial score (nSPS) is 9.82. The first kappa shape index (κ1) is 13.7. The molecule has 4 nitrogen and oxygen atoms in total. The van der Waals surface area contributed by atoms with Crippen LogP contribution in [0.2, 0.25) is 5.02 Å². The molecule has 1 aromatic rings. The summed E-state index contributed by atoms with van der Waals surface area (Å²) in [4.78, 5) is 11.7. The van der Waals surface area contributed by atoms with E-state index in [1.165, 1.54) is 7.11 Å². The maximum atomic E-state index is 11.5. The number of ether oxygens (including phenoxy) is 1. The van der Waals surface area contributed by atoms with Crippen LogP contribution < -0.4 is 15.8 Å². The third kappa shape index (κ3) is 3.87. The van der Waals surface area contributed by atoms with Crippen molar-refractivity contribution in [3.63, 3.8) is 0 Å². The Morgan fingerprint density at radius 1 is 1.59 bits per heavy atom. The number of anilines is 1. The first-order chi connectivity index (χ1) is 7.93. The maximum absolute atomic E-state index is 11.5. The van der Waals surface area contributed by atoms with Gasteiger partial charge in [0.15, 0.2) is 0 Å². The van der Waals surface area contributed by atoms with E-state index in [4.69, 9.17) is 22.1 Å². The van der Waals surface area contributed by atoms with Gasteiger partial charge in [-0.15, -0.1) is 0 Å². The molecule has 0 aliphatic carbocycles. The third-order valence-corrected chi connectivity index (χ3v) is 2.64. The minimum Gasteiger partial charge on any atom is -0.495 e. The zero-order chi connectivity index (χ0) is 13.0. The van der Waals surface area contributed by atoms with Gasteiger partial charge in [0.25, 0.3) is 0 Å². The van der Waals surface area contributed by atoms with Gasteiger partial charge >= 0.3 is 0 Å². The monoisotopic (exact) mass is 272 g/mol. The number of rotatable bonds is 4. The lowest BCUT2D eigenvalue weighted by atomic mass is 10.2. The number of benzene rings is 1. The highest BCUT2D eigenvalue weighted by molar-refractivity contribution is 7.80. The molecular weight excluding hydrogens is 260 g/mol. The molecular formula is C11H13ClN2O2S. The molecule has 0 saturated carbocycles. The zero-order valence-corrected chi connectivity index (χ0v) is 11.1. The number of carbonyl (C=O) groups excluding carboxylic acids is 1. The second-order valence-corrected chi connectivity index (χ2v) is 4.42. The maximum Gasteiger partial charge on any atom is 0.231 e. The van der Waals surface area contributed by atoms with Crippen molar-refractivity contribution in [2.45, 2.75) is 13.3 Å². The van der Waals surface area contributed by atoms with Crippen molar-refractivity contribution in [2.75, 3.05) is 12.4 Å². The second kappa shape index (κ2) is 5.84. The first-order valence-electron chi connectivity index (χ1n) is 4.86. The molecule has 0 radical (unpaired) electrons. The molecule has 17 heavy (non-hydrogen) atoms. The van der Waals surface area contributed by atoms with Crippen molar-refractivity contribution in [3.05, 3.63) is 22.7 Å². The summed E-state index contributed by atoms with van der Waals surface area (Å²) in [6.45, 7) is 1.84. The van der Waals surface area contributed by atoms with E-state index >= 15 is 0 Å². The number of aryl methyl sites for hydroxylation is 1. The zero-order valence-electron chi connectivity index (χ0n) is 9.54. The Kier molecular flexibility index (Phi) is 4.72. The predicted octanol–water partition coefficient (Wildman–Crippen LogP) is 2.27. The van der Waals surface area contributed by atoms with Crippen LogP contribution in [0.25, 0.3) is 0 Å². The summed E-state index contributed by atoms with van der Waals surface area (Å²) >= 11 is 10.6. The van der Waals surface area contributed by atoms with Crippen LogP contribution in [0.1, 0.15) is 12.0 Å². The van der Waals surface area contributed by atoms with E-state index in [9.17, 15) is 4.79 Å². The largest absolute Gasteiger partial charge is 0.495 e. The van der Waals surface area contributed by atoms with E-state index in [0.29, 0.717) is 16.5 Å². The average Bonchev–Trinajstić information content (AvgIpc) is 2.21. The van der Waals surface area contributed by atoms with Crippen LogP contribution in [0.15, 0.2) is 12.1 Å². The summed E-state index contributed by atoms with van der Waals surface area (Å²) in [6.07, 6.45) is 0.000160. The molecule has 0 saturated heterocycles. The molecule has 0 bridgehead atoms. The van der Waals surface area contributed by atoms with Crippen molar-refractivity contribution in [3.8, 4) is 5.75 Å². The Balaban J connectivity index is 2.93. The van der Waals surface area contributed by atoms with E-state index in [2.05, 4.69) is 17.5 Å². The van der Waals surface area contributed by atoms with Gasteiger partial charge in [-0.1, -0.05) is 23.8 Å². The van der Waals surface area contributed by atoms with Gasteiger partial charge < -0.3 is 15.8 Å². The number of halogens is 1. The van der Waals surface area contributed by atoms with E-state index in [-0.39, 0.29) is 17.3 Å². The fraction of sp³-hybridized carbons (Fsp3) is 0.273. The Bertz CT molecular complexity index is 463. The minimum atomic E-state index is -0.280. The lowest BCUT2D eigenvalue weighted by Crippen LogP contribution is -2.20. The molecule has 0 aromatic heterocycles. The summed E-state index contributed by atoms with van der Waals surface area (Å²) < 4.78 is 5.12. The van der Waals surface area contributed by atoms with Crippen LogP contribution in [0.4, 0.5) is 5.69 Å². The van der Waals surface area contributed by atoms with Crippen LogP contribution in [0, 0.1) is 6.92 Å². The Hall–Kier alpha value is -1.33. The molecule has 0 fully saturated rings. The number of carbonyl (C=O) groups is 1. The van der Waals surface area contributed by atoms with Crippen molar-refractivity contribution in [1.29, 1.82) is 0 Å². The third-order valence-electron chi connectivity index (χ3n) is 2.09. The number of hydrogen-bond acceptors (Lipinski definition) is 3. The lowest BCUT2D eigenvalue weighted by Gasteiger charge is -2.12. The van der Waals surface area contributed by atoms with Gasteiger partial charge in [-0.2, -0.15) is 0 Å². The number of hydrogen-bond donors (Lipinski definition) is 2. The molecule has 1 rings (SSSR count). The van der Waals surface area contributed by atoms with Gasteiger partial charge in [0, 0.05) is 11.1 Å². The summed E-state index contributed by atoms with van der Waals surface area (Å²) in [5, 5.41) is 3.25. The number of amides is 1. The molecule has 0 atom stereocenters. The van der Waals surface area contributed by atoms with Gasteiger partial charge in [-0.25, -0.2) is 0 Å². The fourth-order valence-corrected chi connectivity index (χ4v) is 1.57. The van der Waals surface area contributed by atoms with Crippen molar-refractivity contribution >= 4 is 40.4 Å². The highest BCUT2D eigenvalue weighted by atomic mass is 35.5. The predicted molar refractivity (Wildman–Crippen MR) is 72.8 cm³/mol. The summed E-state index contributed by atoms with van der Waals surface area (Å²) in [7, 11) is 1.50. The highest BCUT2D eigenvalue weighted by Gasteiger charge is 2.10. The number of nitrogens with two attached hydrogens (primary N) is 1. The Morgan fingerprint density at radius 2 is 2.24 bits per heavy atom. The topological polar surface area (TPSA) is 64.3 Å².